The van der Waals surface area contributed by atoms with Crippen LogP contribution in [0.25, 0.3) is 5.69 Å². The van der Waals surface area contributed by atoms with Gasteiger partial charge in [-0.2, -0.15) is 5.10 Å². The Bertz CT molecular complexity index is 1140. The van der Waals surface area contributed by atoms with Gasteiger partial charge >= 0.3 is 0 Å². The van der Waals surface area contributed by atoms with Crippen molar-refractivity contribution in [1.82, 2.24) is 19.6 Å². The smallest absolute Gasteiger partial charge is 0.255 e. The lowest BCUT2D eigenvalue weighted by atomic mass is 10.1. The van der Waals surface area contributed by atoms with Crippen LogP contribution in [0.1, 0.15) is 40.2 Å². The van der Waals surface area contributed by atoms with E-state index in [2.05, 4.69) is 0 Å². The highest BCUT2D eigenvalue weighted by Crippen LogP contribution is 2.26. The Morgan fingerprint density at radius 1 is 1.00 bits per heavy atom. The molecule has 1 fully saturated rings. The summed E-state index contributed by atoms with van der Waals surface area (Å²) in [6, 6.07) is 17.6. The van der Waals surface area contributed by atoms with Crippen LogP contribution in [0.3, 0.4) is 0 Å². The molecule has 2 amide bonds. The van der Waals surface area contributed by atoms with E-state index >= 15 is 0 Å². The van der Waals surface area contributed by atoms with E-state index in [9.17, 15) is 9.59 Å². The second-order valence-corrected chi connectivity index (χ2v) is 9.45. The van der Waals surface area contributed by atoms with Crippen molar-refractivity contribution in [3.8, 4) is 5.69 Å². The first-order valence-electron chi connectivity index (χ1n) is 11.3. The minimum atomic E-state index is -0.0574. The largest absolute Gasteiger partial charge is 0.342 e. The number of benzene rings is 2. The van der Waals surface area contributed by atoms with Crippen molar-refractivity contribution < 1.29 is 9.59 Å². The molecule has 1 aliphatic heterocycles. The zero-order valence-electron chi connectivity index (χ0n) is 19.5. The molecule has 33 heavy (non-hydrogen) atoms. The lowest BCUT2D eigenvalue weighted by Crippen LogP contribution is -2.29. The van der Waals surface area contributed by atoms with Gasteiger partial charge in [-0.15, -0.1) is 11.8 Å². The summed E-state index contributed by atoms with van der Waals surface area (Å²) in [5, 5.41) is 4.70. The van der Waals surface area contributed by atoms with Crippen LogP contribution >= 0.6 is 11.8 Å². The van der Waals surface area contributed by atoms with Crippen LogP contribution < -0.4 is 0 Å². The first-order valence-corrected chi connectivity index (χ1v) is 12.3. The SMILES string of the molecule is Cc1nn(-c2ccccc2)c(C)c1CN(C)C(=O)c1ccccc1SCC(=O)N1CCCC1. The first kappa shape index (κ1) is 23.1. The zero-order valence-corrected chi connectivity index (χ0v) is 20.3. The van der Waals surface area contributed by atoms with Gasteiger partial charge in [0.25, 0.3) is 5.91 Å². The first-order chi connectivity index (χ1) is 16.0. The van der Waals surface area contributed by atoms with Crippen molar-refractivity contribution in [2.24, 2.45) is 0 Å². The number of nitrogens with zero attached hydrogens (tertiary/aromatic N) is 4. The average molecular weight is 463 g/mol. The Morgan fingerprint density at radius 3 is 2.39 bits per heavy atom. The number of hydrogen-bond donors (Lipinski definition) is 0. The molecule has 6 nitrogen and oxygen atoms in total. The summed E-state index contributed by atoms with van der Waals surface area (Å²) in [5.41, 5.74) is 4.61. The van der Waals surface area contributed by atoms with Gasteiger partial charge in [0.1, 0.15) is 0 Å². The molecule has 1 aromatic heterocycles. The quantitative estimate of drug-likeness (QED) is 0.486. The summed E-state index contributed by atoms with van der Waals surface area (Å²) in [6.45, 7) is 6.17. The van der Waals surface area contributed by atoms with E-state index in [1.807, 2.05) is 85.1 Å². The molecule has 0 N–H and O–H groups in total. The van der Waals surface area contributed by atoms with Crippen LogP contribution in [0.5, 0.6) is 0 Å². The van der Waals surface area contributed by atoms with Gasteiger partial charge in [-0.25, -0.2) is 4.68 Å². The number of rotatable bonds is 7. The molecule has 0 spiro atoms. The van der Waals surface area contributed by atoms with Gasteiger partial charge in [-0.1, -0.05) is 30.3 Å². The fourth-order valence-electron chi connectivity index (χ4n) is 4.21. The van der Waals surface area contributed by atoms with Crippen LogP contribution in [0, 0.1) is 13.8 Å². The van der Waals surface area contributed by atoms with Crippen molar-refractivity contribution in [3.63, 3.8) is 0 Å². The molecule has 1 saturated heterocycles. The van der Waals surface area contributed by atoms with Crippen molar-refractivity contribution >= 4 is 23.6 Å². The second kappa shape index (κ2) is 10.3. The van der Waals surface area contributed by atoms with E-state index < -0.39 is 0 Å². The molecule has 172 valence electrons. The third-order valence-corrected chi connectivity index (χ3v) is 7.17. The number of carbonyl (C=O) groups is 2. The molecule has 2 heterocycles. The van der Waals surface area contributed by atoms with E-state index in [0.29, 0.717) is 17.9 Å². The standard InChI is InChI=1S/C26H30N4O2S/c1-19-23(20(2)30(27-19)21-11-5-4-6-12-21)17-28(3)26(32)22-13-7-8-14-24(22)33-18-25(31)29-15-9-10-16-29/h4-8,11-14H,9-10,15-18H2,1-3H3. The summed E-state index contributed by atoms with van der Waals surface area (Å²) < 4.78 is 1.93. The molecule has 0 aliphatic carbocycles. The maximum absolute atomic E-state index is 13.4. The van der Waals surface area contributed by atoms with Crippen LogP contribution in [0.2, 0.25) is 0 Å². The van der Waals surface area contributed by atoms with Gasteiger partial charge in [-0.05, 0) is 51.0 Å². The number of aromatic nitrogens is 2. The van der Waals surface area contributed by atoms with Crippen LogP contribution in [-0.2, 0) is 11.3 Å². The van der Waals surface area contributed by atoms with Crippen molar-refractivity contribution in [3.05, 3.63) is 77.1 Å². The van der Waals surface area contributed by atoms with Gasteiger partial charge in [0.15, 0.2) is 0 Å². The lowest BCUT2D eigenvalue weighted by Gasteiger charge is -2.20. The molecule has 0 atom stereocenters. The van der Waals surface area contributed by atoms with E-state index in [4.69, 9.17) is 5.10 Å². The van der Waals surface area contributed by atoms with Crippen molar-refractivity contribution in [2.45, 2.75) is 38.1 Å². The van der Waals surface area contributed by atoms with Crippen LogP contribution in [0.15, 0.2) is 59.5 Å². The van der Waals surface area contributed by atoms with Crippen molar-refractivity contribution in [1.29, 1.82) is 0 Å². The zero-order chi connectivity index (χ0) is 23.4. The highest BCUT2D eigenvalue weighted by molar-refractivity contribution is 8.00. The molecule has 2 aromatic carbocycles. The Labute approximate surface area is 199 Å². The number of thioether (sulfide) groups is 1. The fourth-order valence-corrected chi connectivity index (χ4v) is 5.15. The lowest BCUT2D eigenvalue weighted by molar-refractivity contribution is -0.127. The fraction of sp³-hybridized carbons (Fsp3) is 0.346. The normalized spacial score (nSPS) is 13.4. The molecule has 1 aliphatic rings. The van der Waals surface area contributed by atoms with Crippen LogP contribution in [-0.4, -0.2) is 57.3 Å². The third-order valence-electron chi connectivity index (χ3n) is 6.11. The molecule has 7 heteroatoms. The topological polar surface area (TPSA) is 58.4 Å². The minimum absolute atomic E-state index is 0.0574. The highest BCUT2D eigenvalue weighted by atomic mass is 32.2. The van der Waals surface area contributed by atoms with E-state index in [1.165, 1.54) is 11.8 Å². The molecular formula is C26H30N4O2S. The maximum Gasteiger partial charge on any atom is 0.255 e. The number of carbonyl (C=O) groups excluding carboxylic acids is 2. The second-order valence-electron chi connectivity index (χ2n) is 8.43. The van der Waals surface area contributed by atoms with Gasteiger partial charge < -0.3 is 9.80 Å². The molecular weight excluding hydrogens is 432 g/mol. The monoisotopic (exact) mass is 462 g/mol. The van der Waals surface area contributed by atoms with Crippen molar-refractivity contribution in [2.75, 3.05) is 25.9 Å². The molecule has 0 saturated carbocycles. The average Bonchev–Trinajstić information content (AvgIpc) is 3.47. The predicted molar refractivity (Wildman–Crippen MR) is 132 cm³/mol. The maximum atomic E-state index is 13.4. The van der Waals surface area contributed by atoms with E-state index in [1.54, 1.807) is 4.90 Å². The van der Waals surface area contributed by atoms with Gasteiger partial charge in [0.05, 0.1) is 22.7 Å². The predicted octanol–water partition coefficient (Wildman–Crippen LogP) is 4.48. The van der Waals surface area contributed by atoms with Gasteiger partial charge in [0, 0.05) is 42.8 Å². The molecule has 4 rings (SSSR count). The number of aryl methyl sites for hydroxylation is 1. The summed E-state index contributed by atoms with van der Waals surface area (Å²) >= 11 is 1.45. The summed E-state index contributed by atoms with van der Waals surface area (Å²) in [6.07, 6.45) is 2.16. The number of likely N-dealkylation sites (tertiary alicyclic amines) is 1. The van der Waals surface area contributed by atoms with Gasteiger partial charge in [-0.3, -0.25) is 9.59 Å². The highest BCUT2D eigenvalue weighted by Gasteiger charge is 2.22. The Kier molecular flexibility index (Phi) is 7.18. The van der Waals surface area contributed by atoms with Crippen LogP contribution in [0.4, 0.5) is 0 Å². The Morgan fingerprint density at radius 2 is 1.67 bits per heavy atom. The molecule has 0 bridgehead atoms. The number of amides is 2. The number of para-hydroxylation sites is 1. The molecule has 3 aromatic rings. The summed E-state index contributed by atoms with van der Waals surface area (Å²) in [5.74, 6) is 0.446. The summed E-state index contributed by atoms with van der Waals surface area (Å²) in [4.78, 5) is 30.3. The third kappa shape index (κ3) is 5.14. The summed E-state index contributed by atoms with van der Waals surface area (Å²) in [7, 11) is 1.82. The Balaban J connectivity index is 1.48. The van der Waals surface area contributed by atoms with Gasteiger partial charge in [0.2, 0.25) is 5.91 Å². The molecule has 0 radical (unpaired) electrons. The number of hydrogen-bond acceptors (Lipinski definition) is 4. The Hall–Kier alpha value is -3.06. The van der Waals surface area contributed by atoms with E-state index in [0.717, 1.165) is 53.5 Å². The molecule has 0 unspecified atom stereocenters. The minimum Gasteiger partial charge on any atom is -0.342 e. The van der Waals surface area contributed by atoms with E-state index in [-0.39, 0.29) is 11.8 Å².